The van der Waals surface area contributed by atoms with Gasteiger partial charge in [-0.25, -0.2) is 4.39 Å². The first-order valence-corrected chi connectivity index (χ1v) is 5.76. The number of nitrogens with zero attached hydrogens (tertiary/aromatic N) is 1. The Morgan fingerprint density at radius 3 is 2.75 bits per heavy atom. The zero-order valence-corrected chi connectivity index (χ0v) is 10.1. The summed E-state index contributed by atoms with van der Waals surface area (Å²) >= 11 is 0. The fourth-order valence-electron chi connectivity index (χ4n) is 1.55. The highest BCUT2D eigenvalue weighted by Gasteiger charge is 2.02. The maximum atomic E-state index is 12.9. The average molecular weight is 224 g/mol. The van der Waals surface area contributed by atoms with E-state index in [9.17, 15) is 4.39 Å². The van der Waals surface area contributed by atoms with Crippen LogP contribution in [0.1, 0.15) is 18.9 Å². The van der Waals surface area contributed by atoms with Crippen LogP contribution in [0.5, 0.6) is 0 Å². The fourth-order valence-corrected chi connectivity index (χ4v) is 1.55. The van der Waals surface area contributed by atoms with Crippen LogP contribution in [-0.2, 0) is 6.42 Å². The van der Waals surface area contributed by atoms with Gasteiger partial charge in [0.05, 0.1) is 0 Å². The molecule has 1 rings (SSSR count). The molecular formula is C13H21FN2. The minimum Gasteiger partial charge on any atom is -0.328 e. The molecule has 0 spiro atoms. The average Bonchev–Trinajstić information content (AvgIpc) is 2.23. The lowest BCUT2D eigenvalue weighted by atomic mass is 10.1. The number of hydrogen-bond donors (Lipinski definition) is 1. The molecule has 3 heteroatoms. The maximum absolute atomic E-state index is 12.9. The topological polar surface area (TPSA) is 29.3 Å². The summed E-state index contributed by atoms with van der Waals surface area (Å²) in [5.74, 6) is -0.157. The lowest BCUT2D eigenvalue weighted by molar-refractivity contribution is 0.324. The van der Waals surface area contributed by atoms with Crippen LogP contribution in [0.4, 0.5) is 4.39 Å². The van der Waals surface area contributed by atoms with Gasteiger partial charge < -0.3 is 10.6 Å². The Balaban J connectivity index is 2.28. The Hall–Kier alpha value is -0.930. The largest absolute Gasteiger partial charge is 0.328 e. The summed E-state index contributed by atoms with van der Waals surface area (Å²) in [5.41, 5.74) is 6.74. The van der Waals surface area contributed by atoms with Crippen molar-refractivity contribution < 1.29 is 4.39 Å². The Morgan fingerprint density at radius 1 is 1.38 bits per heavy atom. The molecule has 0 heterocycles. The summed E-state index contributed by atoms with van der Waals surface area (Å²) in [5, 5.41) is 0. The second kappa shape index (κ2) is 6.61. The van der Waals surface area contributed by atoms with Crippen LogP contribution in [0.25, 0.3) is 0 Å². The molecule has 0 amide bonds. The third kappa shape index (κ3) is 5.24. The number of benzene rings is 1. The Bertz CT molecular complexity index is 313. The van der Waals surface area contributed by atoms with E-state index in [1.54, 1.807) is 12.1 Å². The van der Waals surface area contributed by atoms with Crippen LogP contribution in [0.2, 0.25) is 0 Å². The smallest absolute Gasteiger partial charge is 0.123 e. The molecule has 2 N–H and O–H groups in total. The first kappa shape index (κ1) is 13.1. The van der Waals surface area contributed by atoms with Crippen molar-refractivity contribution in [2.75, 3.05) is 20.1 Å². The first-order chi connectivity index (χ1) is 7.58. The van der Waals surface area contributed by atoms with Crippen LogP contribution in [0.3, 0.4) is 0 Å². The van der Waals surface area contributed by atoms with Gasteiger partial charge in [0, 0.05) is 12.6 Å². The molecule has 1 aromatic carbocycles. The molecule has 0 radical (unpaired) electrons. The first-order valence-electron chi connectivity index (χ1n) is 5.76. The van der Waals surface area contributed by atoms with E-state index in [4.69, 9.17) is 5.73 Å². The van der Waals surface area contributed by atoms with Crippen molar-refractivity contribution in [1.82, 2.24) is 4.90 Å². The van der Waals surface area contributed by atoms with Gasteiger partial charge in [-0.2, -0.15) is 0 Å². The van der Waals surface area contributed by atoms with Crippen LogP contribution in [-0.4, -0.2) is 31.1 Å². The molecule has 2 nitrogen and oxygen atoms in total. The van der Waals surface area contributed by atoms with Crippen LogP contribution in [0, 0.1) is 5.82 Å². The highest BCUT2D eigenvalue weighted by Crippen LogP contribution is 2.05. The van der Waals surface area contributed by atoms with E-state index in [-0.39, 0.29) is 11.9 Å². The molecular weight excluding hydrogens is 203 g/mol. The third-order valence-electron chi connectivity index (χ3n) is 2.64. The minimum atomic E-state index is -0.157. The summed E-state index contributed by atoms with van der Waals surface area (Å²) in [7, 11) is 2.07. The second-order valence-corrected chi connectivity index (χ2v) is 4.45. The Morgan fingerprint density at radius 2 is 2.12 bits per heavy atom. The lowest BCUT2D eigenvalue weighted by Gasteiger charge is -2.17. The summed E-state index contributed by atoms with van der Waals surface area (Å²) in [6.45, 7) is 3.95. The summed E-state index contributed by atoms with van der Waals surface area (Å²) in [6.07, 6.45) is 1.88. The molecule has 0 saturated heterocycles. The number of rotatable bonds is 6. The molecule has 16 heavy (non-hydrogen) atoms. The van der Waals surface area contributed by atoms with Gasteiger partial charge in [0.2, 0.25) is 0 Å². The fraction of sp³-hybridized carbons (Fsp3) is 0.538. The summed E-state index contributed by atoms with van der Waals surface area (Å²) in [6, 6.07) is 7.04. The van der Waals surface area contributed by atoms with Crippen molar-refractivity contribution in [2.24, 2.45) is 5.73 Å². The van der Waals surface area contributed by atoms with E-state index in [0.717, 1.165) is 31.5 Å². The molecule has 0 aliphatic carbocycles. The van der Waals surface area contributed by atoms with Crippen molar-refractivity contribution in [3.05, 3.63) is 35.6 Å². The quantitative estimate of drug-likeness (QED) is 0.801. The molecule has 0 bridgehead atoms. The number of halogens is 1. The predicted octanol–water partition coefficient (Wildman–Crippen LogP) is 2.04. The van der Waals surface area contributed by atoms with E-state index in [1.165, 1.54) is 6.07 Å². The van der Waals surface area contributed by atoms with Gasteiger partial charge in [0.25, 0.3) is 0 Å². The molecule has 90 valence electrons. The van der Waals surface area contributed by atoms with E-state index in [0.29, 0.717) is 0 Å². The summed E-state index contributed by atoms with van der Waals surface area (Å²) in [4.78, 5) is 2.23. The minimum absolute atomic E-state index is 0.157. The standard InChI is InChI=1S/C13H21FN2/c1-11(15)6-8-16(2)9-7-12-4-3-5-13(14)10-12/h3-5,10-11H,6-9,15H2,1-2H3. The monoisotopic (exact) mass is 224 g/mol. The Labute approximate surface area is 97.3 Å². The van der Waals surface area contributed by atoms with E-state index in [2.05, 4.69) is 11.9 Å². The lowest BCUT2D eigenvalue weighted by Crippen LogP contribution is -2.27. The van der Waals surface area contributed by atoms with Gasteiger partial charge in [0.15, 0.2) is 0 Å². The summed E-state index contributed by atoms with van der Waals surface area (Å²) < 4.78 is 12.9. The number of hydrogen-bond acceptors (Lipinski definition) is 2. The normalized spacial score (nSPS) is 13.1. The molecule has 0 aliphatic heterocycles. The van der Waals surface area contributed by atoms with Gasteiger partial charge in [-0.3, -0.25) is 0 Å². The van der Waals surface area contributed by atoms with Crippen molar-refractivity contribution in [3.63, 3.8) is 0 Å². The zero-order chi connectivity index (χ0) is 12.0. The van der Waals surface area contributed by atoms with Crippen molar-refractivity contribution in [3.8, 4) is 0 Å². The molecule has 0 aliphatic rings. The third-order valence-corrected chi connectivity index (χ3v) is 2.64. The Kier molecular flexibility index (Phi) is 5.43. The van der Waals surface area contributed by atoms with Gasteiger partial charge in [-0.15, -0.1) is 0 Å². The van der Waals surface area contributed by atoms with E-state index < -0.39 is 0 Å². The maximum Gasteiger partial charge on any atom is 0.123 e. The molecule has 0 fully saturated rings. The van der Waals surface area contributed by atoms with E-state index >= 15 is 0 Å². The van der Waals surface area contributed by atoms with Gasteiger partial charge >= 0.3 is 0 Å². The van der Waals surface area contributed by atoms with Crippen molar-refractivity contribution in [2.45, 2.75) is 25.8 Å². The van der Waals surface area contributed by atoms with Gasteiger partial charge in [-0.05, 0) is 51.1 Å². The van der Waals surface area contributed by atoms with Crippen molar-refractivity contribution in [1.29, 1.82) is 0 Å². The van der Waals surface area contributed by atoms with Crippen LogP contribution in [0.15, 0.2) is 24.3 Å². The molecule has 0 saturated carbocycles. The second-order valence-electron chi connectivity index (χ2n) is 4.45. The van der Waals surface area contributed by atoms with E-state index in [1.807, 2.05) is 13.0 Å². The van der Waals surface area contributed by atoms with Gasteiger partial charge in [0.1, 0.15) is 5.82 Å². The zero-order valence-electron chi connectivity index (χ0n) is 10.1. The predicted molar refractivity (Wildman–Crippen MR) is 65.9 cm³/mol. The van der Waals surface area contributed by atoms with Crippen LogP contribution < -0.4 is 5.73 Å². The SMILES string of the molecule is CC(N)CCN(C)CCc1cccc(F)c1. The molecule has 0 aromatic heterocycles. The molecule has 1 atom stereocenters. The molecule has 1 aromatic rings. The highest BCUT2D eigenvalue weighted by molar-refractivity contribution is 5.16. The molecule has 1 unspecified atom stereocenters. The van der Waals surface area contributed by atoms with Crippen molar-refractivity contribution >= 4 is 0 Å². The van der Waals surface area contributed by atoms with Gasteiger partial charge in [-0.1, -0.05) is 12.1 Å². The number of likely N-dealkylation sites (N-methyl/N-ethyl adjacent to an activating group) is 1. The number of nitrogens with two attached hydrogens (primary N) is 1. The highest BCUT2D eigenvalue weighted by atomic mass is 19.1. The van der Waals surface area contributed by atoms with Crippen LogP contribution >= 0.6 is 0 Å².